The number of ether oxygens (including phenoxy) is 2. The summed E-state index contributed by atoms with van der Waals surface area (Å²) in [5, 5.41) is 5.64. The van der Waals surface area contributed by atoms with E-state index in [9.17, 15) is 9.59 Å². The molecule has 6 heteroatoms. The number of amides is 2. The molecule has 146 valence electrons. The predicted molar refractivity (Wildman–Crippen MR) is 98.4 cm³/mol. The number of carbonyl (C=O) groups excluding carboxylic acids is 2. The summed E-state index contributed by atoms with van der Waals surface area (Å²) >= 11 is 0. The third kappa shape index (κ3) is 9.10. The highest BCUT2D eigenvalue weighted by Crippen LogP contribution is 2.26. The lowest BCUT2D eigenvalue weighted by Crippen LogP contribution is -2.54. The van der Waals surface area contributed by atoms with Gasteiger partial charge in [-0.2, -0.15) is 0 Å². The highest BCUT2D eigenvalue weighted by atomic mass is 16.6. The molecule has 0 bridgehead atoms. The minimum atomic E-state index is -0.592. The fourth-order valence-corrected chi connectivity index (χ4v) is 2.94. The molecule has 25 heavy (non-hydrogen) atoms. The van der Waals surface area contributed by atoms with Gasteiger partial charge in [-0.25, -0.2) is 4.79 Å². The Hall–Kier alpha value is -1.30. The molecule has 1 aliphatic rings. The van der Waals surface area contributed by atoms with Gasteiger partial charge in [0.1, 0.15) is 11.7 Å². The number of rotatable bonds is 6. The topological polar surface area (TPSA) is 76.7 Å². The van der Waals surface area contributed by atoms with Gasteiger partial charge in [0.05, 0.1) is 11.6 Å². The first-order valence-corrected chi connectivity index (χ1v) is 9.32. The Bertz CT molecular complexity index is 457. The van der Waals surface area contributed by atoms with Crippen LogP contribution in [0, 0.1) is 5.92 Å². The van der Waals surface area contributed by atoms with Crippen molar-refractivity contribution < 1.29 is 19.1 Å². The molecule has 1 fully saturated rings. The van der Waals surface area contributed by atoms with Crippen LogP contribution in [0.1, 0.15) is 74.1 Å². The first-order valence-electron chi connectivity index (χ1n) is 9.32. The Balaban J connectivity index is 2.41. The van der Waals surface area contributed by atoms with Gasteiger partial charge in [-0.1, -0.05) is 19.8 Å². The molecule has 6 nitrogen and oxygen atoms in total. The van der Waals surface area contributed by atoms with E-state index in [0.717, 1.165) is 19.3 Å². The van der Waals surface area contributed by atoms with Crippen molar-refractivity contribution >= 4 is 12.0 Å². The number of alkyl carbamates (subject to hydrolysis) is 1. The summed E-state index contributed by atoms with van der Waals surface area (Å²) in [7, 11) is 0. The Kier molecular flexibility index (Phi) is 7.72. The van der Waals surface area contributed by atoms with Crippen molar-refractivity contribution in [3.63, 3.8) is 0 Å². The quantitative estimate of drug-likeness (QED) is 0.765. The van der Waals surface area contributed by atoms with Crippen LogP contribution in [0.5, 0.6) is 0 Å². The van der Waals surface area contributed by atoms with E-state index in [1.807, 2.05) is 34.6 Å². The summed E-state index contributed by atoms with van der Waals surface area (Å²) < 4.78 is 11.1. The molecule has 1 rings (SSSR count). The lowest BCUT2D eigenvalue weighted by Gasteiger charge is -2.32. The van der Waals surface area contributed by atoms with Crippen LogP contribution in [0.25, 0.3) is 0 Å². The van der Waals surface area contributed by atoms with Crippen LogP contribution in [-0.2, 0) is 14.3 Å². The molecule has 3 unspecified atom stereocenters. The molecule has 0 aromatic heterocycles. The molecule has 3 atom stereocenters. The van der Waals surface area contributed by atoms with Gasteiger partial charge >= 0.3 is 6.09 Å². The van der Waals surface area contributed by atoms with E-state index in [-0.39, 0.29) is 18.6 Å². The van der Waals surface area contributed by atoms with Gasteiger partial charge in [-0.3, -0.25) is 4.79 Å². The Labute approximate surface area is 152 Å². The Morgan fingerprint density at radius 1 is 1.16 bits per heavy atom. The summed E-state index contributed by atoms with van der Waals surface area (Å²) in [5.41, 5.74) is -1.14. The van der Waals surface area contributed by atoms with Gasteiger partial charge < -0.3 is 20.1 Å². The van der Waals surface area contributed by atoms with Crippen molar-refractivity contribution in [2.75, 3.05) is 6.54 Å². The standard InChI is InChI=1S/C19H36N2O4/c1-13-9-8-10-15(11-13)24-14(2)16(22)21-19(6,7)12-20-17(23)25-18(3,4)5/h13-15H,8-12H2,1-7H3,(H,20,23)(H,21,22). The summed E-state index contributed by atoms with van der Waals surface area (Å²) in [6.07, 6.45) is 3.60. The van der Waals surface area contributed by atoms with Crippen molar-refractivity contribution in [1.82, 2.24) is 10.6 Å². The van der Waals surface area contributed by atoms with Gasteiger partial charge in [0.25, 0.3) is 0 Å². The average Bonchev–Trinajstić information content (AvgIpc) is 2.43. The lowest BCUT2D eigenvalue weighted by molar-refractivity contribution is -0.138. The second kappa shape index (κ2) is 8.88. The average molecular weight is 357 g/mol. The van der Waals surface area contributed by atoms with E-state index >= 15 is 0 Å². The molecule has 2 N–H and O–H groups in total. The highest BCUT2D eigenvalue weighted by Gasteiger charge is 2.28. The summed E-state index contributed by atoms with van der Waals surface area (Å²) in [4.78, 5) is 24.2. The maximum Gasteiger partial charge on any atom is 0.407 e. The first kappa shape index (κ1) is 21.7. The van der Waals surface area contributed by atoms with Crippen molar-refractivity contribution in [3.8, 4) is 0 Å². The summed E-state index contributed by atoms with van der Waals surface area (Å²) in [5.74, 6) is 0.498. The third-order valence-electron chi connectivity index (χ3n) is 4.19. The van der Waals surface area contributed by atoms with E-state index in [1.54, 1.807) is 6.92 Å². The van der Waals surface area contributed by atoms with Crippen molar-refractivity contribution in [2.24, 2.45) is 5.92 Å². The van der Waals surface area contributed by atoms with E-state index < -0.39 is 23.3 Å². The normalized spacial score (nSPS) is 22.8. The smallest absolute Gasteiger partial charge is 0.407 e. The molecule has 0 saturated heterocycles. The third-order valence-corrected chi connectivity index (χ3v) is 4.19. The van der Waals surface area contributed by atoms with Crippen LogP contribution >= 0.6 is 0 Å². The van der Waals surface area contributed by atoms with Crippen LogP contribution in [0.3, 0.4) is 0 Å². The molecule has 2 amide bonds. The fraction of sp³-hybridized carbons (Fsp3) is 0.895. The number of hydrogen-bond donors (Lipinski definition) is 2. The van der Waals surface area contributed by atoms with Crippen LogP contribution in [0.2, 0.25) is 0 Å². The van der Waals surface area contributed by atoms with Gasteiger partial charge in [0.15, 0.2) is 0 Å². The molecule has 1 aliphatic carbocycles. The van der Waals surface area contributed by atoms with Crippen molar-refractivity contribution in [1.29, 1.82) is 0 Å². The molecule has 0 heterocycles. The van der Waals surface area contributed by atoms with E-state index in [4.69, 9.17) is 9.47 Å². The highest BCUT2D eigenvalue weighted by molar-refractivity contribution is 5.81. The zero-order valence-corrected chi connectivity index (χ0v) is 16.9. The van der Waals surface area contributed by atoms with Crippen LogP contribution < -0.4 is 10.6 Å². The van der Waals surface area contributed by atoms with Crippen LogP contribution in [0.15, 0.2) is 0 Å². The van der Waals surface area contributed by atoms with Crippen molar-refractivity contribution in [2.45, 2.75) is 97.5 Å². The van der Waals surface area contributed by atoms with Gasteiger partial charge in [-0.05, 0) is 60.3 Å². The predicted octanol–water partition coefficient (Wildman–Crippen LogP) is 3.39. The van der Waals surface area contributed by atoms with Gasteiger partial charge in [-0.15, -0.1) is 0 Å². The SMILES string of the molecule is CC1CCCC(OC(C)C(=O)NC(C)(C)CNC(=O)OC(C)(C)C)C1. The first-order chi connectivity index (χ1) is 11.4. The summed E-state index contributed by atoms with van der Waals surface area (Å²) in [6.45, 7) is 13.4. The zero-order chi connectivity index (χ0) is 19.3. The van der Waals surface area contributed by atoms with E-state index in [2.05, 4.69) is 17.6 Å². The van der Waals surface area contributed by atoms with Crippen LogP contribution in [0.4, 0.5) is 4.79 Å². The Morgan fingerprint density at radius 3 is 2.36 bits per heavy atom. The number of nitrogens with one attached hydrogen (secondary N) is 2. The molecule has 1 saturated carbocycles. The molecule has 0 radical (unpaired) electrons. The molecule has 0 aromatic rings. The molecule has 0 spiro atoms. The number of carbonyl (C=O) groups is 2. The minimum absolute atomic E-state index is 0.158. The maximum absolute atomic E-state index is 12.4. The lowest BCUT2D eigenvalue weighted by atomic mass is 9.88. The van der Waals surface area contributed by atoms with Crippen molar-refractivity contribution in [3.05, 3.63) is 0 Å². The second-order valence-electron chi connectivity index (χ2n) is 8.90. The Morgan fingerprint density at radius 2 is 1.80 bits per heavy atom. The largest absolute Gasteiger partial charge is 0.444 e. The maximum atomic E-state index is 12.4. The van der Waals surface area contributed by atoms with Gasteiger partial charge in [0.2, 0.25) is 5.91 Å². The van der Waals surface area contributed by atoms with E-state index in [1.165, 1.54) is 6.42 Å². The molecule has 0 aliphatic heterocycles. The molecular formula is C19H36N2O4. The van der Waals surface area contributed by atoms with E-state index in [0.29, 0.717) is 5.92 Å². The number of hydrogen-bond acceptors (Lipinski definition) is 4. The summed E-state index contributed by atoms with van der Waals surface area (Å²) in [6, 6.07) is 0. The second-order valence-corrected chi connectivity index (χ2v) is 8.90. The zero-order valence-electron chi connectivity index (χ0n) is 16.9. The van der Waals surface area contributed by atoms with Gasteiger partial charge in [0, 0.05) is 6.54 Å². The van der Waals surface area contributed by atoms with Crippen LogP contribution in [-0.4, -0.2) is 41.9 Å². The molecular weight excluding hydrogens is 320 g/mol. The monoisotopic (exact) mass is 356 g/mol. The fourth-order valence-electron chi connectivity index (χ4n) is 2.94. The molecule has 0 aromatic carbocycles. The minimum Gasteiger partial charge on any atom is -0.444 e.